The number of fused-ring (bicyclic) bond motifs is 1. The fourth-order valence-electron chi connectivity index (χ4n) is 4.41. The van der Waals surface area contributed by atoms with Crippen LogP contribution in [0.5, 0.6) is 0 Å². The van der Waals surface area contributed by atoms with E-state index in [1.165, 1.54) is 9.71 Å². The third kappa shape index (κ3) is 4.18. The lowest BCUT2D eigenvalue weighted by Gasteiger charge is -2.37. The summed E-state index contributed by atoms with van der Waals surface area (Å²) in [5, 5.41) is 1.23. The molecule has 4 heterocycles. The van der Waals surface area contributed by atoms with Gasteiger partial charge >= 0.3 is 0 Å². The first kappa shape index (κ1) is 19.5. The number of rotatable bonds is 4. The van der Waals surface area contributed by atoms with E-state index in [9.17, 15) is 4.79 Å². The van der Waals surface area contributed by atoms with Crippen molar-refractivity contribution in [3.63, 3.8) is 0 Å². The summed E-state index contributed by atoms with van der Waals surface area (Å²) in [6.45, 7) is 5.87. The van der Waals surface area contributed by atoms with Crippen molar-refractivity contribution in [1.29, 1.82) is 0 Å². The molecule has 0 N–H and O–H groups in total. The number of anilines is 1. The monoisotopic (exact) mass is 421 g/mol. The Hall–Kier alpha value is -2.51. The van der Waals surface area contributed by atoms with Crippen molar-refractivity contribution in [3.8, 4) is 0 Å². The maximum atomic E-state index is 12.8. The van der Waals surface area contributed by atoms with Gasteiger partial charge in [0.15, 0.2) is 0 Å². The molecule has 0 saturated carbocycles. The first-order valence-electron chi connectivity index (χ1n) is 10.8. The van der Waals surface area contributed by atoms with Crippen molar-refractivity contribution in [2.75, 3.05) is 50.7 Å². The number of aromatic nitrogens is 2. The number of pyridine rings is 1. The average molecular weight is 422 g/mol. The van der Waals surface area contributed by atoms with E-state index in [0.717, 1.165) is 63.4 Å². The molecule has 0 unspecified atom stereocenters. The number of thiazole rings is 1. The molecule has 1 aromatic carbocycles. The third-order valence-corrected chi connectivity index (χ3v) is 7.41. The minimum absolute atomic E-state index is 0.268. The number of likely N-dealkylation sites (tertiary alicyclic amines) is 1. The van der Waals surface area contributed by atoms with Crippen LogP contribution in [0.15, 0.2) is 48.7 Å². The molecule has 2 aliphatic rings. The summed E-state index contributed by atoms with van der Waals surface area (Å²) in [7, 11) is 0. The Morgan fingerprint density at radius 2 is 1.73 bits per heavy atom. The van der Waals surface area contributed by atoms with Crippen LogP contribution in [0.3, 0.4) is 0 Å². The van der Waals surface area contributed by atoms with Gasteiger partial charge in [-0.15, -0.1) is 11.3 Å². The lowest BCUT2D eigenvalue weighted by atomic mass is 9.97. The quantitative estimate of drug-likeness (QED) is 0.647. The molecule has 30 heavy (non-hydrogen) atoms. The number of hydrogen-bond acceptors (Lipinski definition) is 6. The van der Waals surface area contributed by atoms with Crippen LogP contribution in [-0.2, 0) is 4.79 Å². The minimum atomic E-state index is 0.268. The van der Waals surface area contributed by atoms with E-state index in [1.807, 2.05) is 35.7 Å². The summed E-state index contributed by atoms with van der Waals surface area (Å²) in [5.41, 5.74) is 1.10. The van der Waals surface area contributed by atoms with Crippen molar-refractivity contribution >= 4 is 33.3 Å². The van der Waals surface area contributed by atoms with Crippen molar-refractivity contribution < 1.29 is 4.79 Å². The normalized spacial score (nSPS) is 18.8. The lowest BCUT2D eigenvalue weighted by molar-refractivity contribution is -0.133. The third-order valence-electron chi connectivity index (χ3n) is 6.21. The van der Waals surface area contributed by atoms with Crippen LogP contribution in [0.2, 0.25) is 0 Å². The Labute approximate surface area is 181 Å². The number of nitrogens with zero attached hydrogens (tertiary/aromatic N) is 5. The van der Waals surface area contributed by atoms with Crippen LogP contribution in [-0.4, -0.2) is 71.5 Å². The topological polar surface area (TPSA) is 52.6 Å². The molecule has 2 aliphatic heterocycles. The second-order valence-electron chi connectivity index (χ2n) is 8.13. The largest absolute Gasteiger partial charge is 0.354 e. The van der Waals surface area contributed by atoms with Gasteiger partial charge in [0.25, 0.3) is 0 Å². The summed E-state index contributed by atoms with van der Waals surface area (Å²) < 4.78 is 1.26. The van der Waals surface area contributed by atoms with Gasteiger partial charge in [0.2, 0.25) is 5.91 Å². The zero-order valence-electron chi connectivity index (χ0n) is 17.1. The highest BCUT2D eigenvalue weighted by Gasteiger charge is 2.27. The van der Waals surface area contributed by atoms with Crippen molar-refractivity contribution in [1.82, 2.24) is 19.8 Å². The van der Waals surface area contributed by atoms with Gasteiger partial charge in [-0.1, -0.05) is 18.2 Å². The molecular formula is C23H27N5OS. The maximum Gasteiger partial charge on any atom is 0.236 e. The second-order valence-corrected chi connectivity index (χ2v) is 9.19. The van der Waals surface area contributed by atoms with Crippen LogP contribution in [0.1, 0.15) is 23.8 Å². The van der Waals surface area contributed by atoms with E-state index in [-0.39, 0.29) is 5.91 Å². The van der Waals surface area contributed by atoms with Gasteiger partial charge in [0.05, 0.1) is 21.8 Å². The number of para-hydroxylation sites is 1. The van der Waals surface area contributed by atoms with Crippen LogP contribution in [0.25, 0.3) is 10.2 Å². The summed E-state index contributed by atoms with van der Waals surface area (Å²) in [6, 6.07) is 14.4. The van der Waals surface area contributed by atoms with Gasteiger partial charge in [0, 0.05) is 51.4 Å². The Bertz CT molecular complexity index is 958. The molecule has 0 spiro atoms. The molecule has 2 saturated heterocycles. The Morgan fingerprint density at radius 3 is 2.47 bits per heavy atom. The van der Waals surface area contributed by atoms with Crippen molar-refractivity contribution in [2.24, 2.45) is 0 Å². The summed E-state index contributed by atoms with van der Waals surface area (Å²) >= 11 is 1.81. The number of piperidine rings is 1. The number of carbonyl (C=O) groups excluding carboxylic acids is 1. The zero-order chi connectivity index (χ0) is 20.3. The standard InChI is InChI=1S/C23H27N5OS/c29-22(17-26-13-15-27(16-14-26)21-7-3-4-10-24-21)28-11-8-18(9-12-28)23-25-19-5-1-2-6-20(19)30-23/h1-7,10,18H,8-9,11-17H2. The molecule has 0 aliphatic carbocycles. The highest BCUT2D eigenvalue weighted by molar-refractivity contribution is 7.18. The number of amides is 1. The Morgan fingerprint density at radius 1 is 0.967 bits per heavy atom. The lowest BCUT2D eigenvalue weighted by Crippen LogP contribution is -2.51. The van der Waals surface area contributed by atoms with E-state index in [2.05, 4.69) is 43.9 Å². The Kier molecular flexibility index (Phi) is 5.64. The van der Waals surface area contributed by atoms with Gasteiger partial charge in [-0.25, -0.2) is 9.97 Å². The van der Waals surface area contributed by atoms with E-state index in [1.54, 1.807) is 0 Å². The molecule has 2 aromatic heterocycles. The molecule has 5 rings (SSSR count). The fourth-order valence-corrected chi connectivity index (χ4v) is 5.54. The molecule has 0 radical (unpaired) electrons. The van der Waals surface area contributed by atoms with Gasteiger partial charge < -0.3 is 9.80 Å². The highest BCUT2D eigenvalue weighted by Crippen LogP contribution is 2.33. The van der Waals surface area contributed by atoms with E-state index in [0.29, 0.717) is 12.5 Å². The molecule has 6 nitrogen and oxygen atoms in total. The number of hydrogen-bond donors (Lipinski definition) is 0. The van der Waals surface area contributed by atoms with E-state index >= 15 is 0 Å². The average Bonchev–Trinajstić information content (AvgIpc) is 3.25. The molecule has 3 aromatic rings. The molecule has 156 valence electrons. The van der Waals surface area contributed by atoms with Crippen LogP contribution >= 0.6 is 11.3 Å². The predicted molar refractivity (Wildman–Crippen MR) is 121 cm³/mol. The maximum absolute atomic E-state index is 12.8. The van der Waals surface area contributed by atoms with Gasteiger partial charge in [-0.2, -0.15) is 0 Å². The number of piperazine rings is 1. The molecule has 2 fully saturated rings. The summed E-state index contributed by atoms with van der Waals surface area (Å²) in [4.78, 5) is 28.7. The number of benzene rings is 1. The zero-order valence-corrected chi connectivity index (χ0v) is 17.9. The number of carbonyl (C=O) groups is 1. The summed E-state index contributed by atoms with van der Waals surface area (Å²) in [5.74, 6) is 1.78. The van der Waals surface area contributed by atoms with Crippen molar-refractivity contribution in [2.45, 2.75) is 18.8 Å². The van der Waals surface area contributed by atoms with Crippen LogP contribution in [0, 0.1) is 0 Å². The van der Waals surface area contributed by atoms with Crippen LogP contribution < -0.4 is 4.90 Å². The van der Waals surface area contributed by atoms with Crippen molar-refractivity contribution in [3.05, 3.63) is 53.7 Å². The molecule has 7 heteroatoms. The molecule has 0 bridgehead atoms. The minimum Gasteiger partial charge on any atom is -0.354 e. The first-order chi connectivity index (χ1) is 14.8. The highest BCUT2D eigenvalue weighted by atomic mass is 32.1. The van der Waals surface area contributed by atoms with E-state index in [4.69, 9.17) is 4.98 Å². The smallest absolute Gasteiger partial charge is 0.236 e. The fraction of sp³-hybridized carbons (Fsp3) is 0.435. The molecular weight excluding hydrogens is 394 g/mol. The Balaban J connectivity index is 1.10. The molecule has 0 atom stereocenters. The van der Waals surface area contributed by atoms with Crippen LogP contribution in [0.4, 0.5) is 5.82 Å². The summed E-state index contributed by atoms with van der Waals surface area (Å²) in [6.07, 6.45) is 3.86. The van der Waals surface area contributed by atoms with Gasteiger partial charge in [0.1, 0.15) is 5.82 Å². The van der Waals surface area contributed by atoms with Gasteiger partial charge in [-0.3, -0.25) is 9.69 Å². The van der Waals surface area contributed by atoms with E-state index < -0.39 is 0 Å². The second kappa shape index (κ2) is 8.70. The predicted octanol–water partition coefficient (Wildman–Crippen LogP) is 3.22. The van der Waals surface area contributed by atoms with Gasteiger partial charge in [-0.05, 0) is 37.1 Å². The first-order valence-corrected chi connectivity index (χ1v) is 11.6. The molecule has 1 amide bonds. The SMILES string of the molecule is O=C(CN1CCN(c2ccccn2)CC1)N1CCC(c2nc3ccccc3s2)CC1.